The van der Waals surface area contributed by atoms with Crippen molar-refractivity contribution in [2.24, 2.45) is 5.73 Å². The molecular formula is C16H19BrN2. The Hall–Kier alpha value is -1.32. The minimum atomic E-state index is 0.0397. The van der Waals surface area contributed by atoms with E-state index in [1.165, 1.54) is 16.8 Å². The van der Waals surface area contributed by atoms with Crippen LogP contribution in [0, 0.1) is 0 Å². The highest BCUT2D eigenvalue weighted by Crippen LogP contribution is 2.26. The highest BCUT2D eigenvalue weighted by molar-refractivity contribution is 9.10. The molecule has 0 aliphatic heterocycles. The predicted octanol–water partition coefficient (Wildman–Crippen LogP) is 4.11. The summed E-state index contributed by atoms with van der Waals surface area (Å²) in [5.41, 5.74) is 9.67. The molecule has 19 heavy (non-hydrogen) atoms. The van der Waals surface area contributed by atoms with E-state index < -0.39 is 0 Å². The molecule has 0 amide bonds. The minimum Gasteiger partial charge on any atom is -0.370 e. The molecule has 2 nitrogen and oxygen atoms in total. The Balaban J connectivity index is 2.26. The third-order valence-corrected chi connectivity index (χ3v) is 3.98. The van der Waals surface area contributed by atoms with Gasteiger partial charge >= 0.3 is 0 Å². The van der Waals surface area contributed by atoms with Crippen molar-refractivity contribution in [1.82, 2.24) is 0 Å². The SMILES string of the molecule is CC(N)c1ccccc1N(C)Cc1ccccc1Br. The lowest BCUT2D eigenvalue weighted by Gasteiger charge is -2.24. The second-order valence-corrected chi connectivity index (χ2v) is 5.65. The number of hydrogen-bond donors (Lipinski definition) is 1. The van der Waals surface area contributed by atoms with E-state index in [4.69, 9.17) is 5.73 Å². The standard InChI is InChI=1S/C16H19BrN2/c1-12(18)14-8-4-6-10-16(14)19(2)11-13-7-3-5-9-15(13)17/h3-10,12H,11,18H2,1-2H3. The molecule has 0 saturated carbocycles. The number of anilines is 1. The van der Waals surface area contributed by atoms with Crippen molar-refractivity contribution in [3.8, 4) is 0 Å². The number of benzene rings is 2. The van der Waals surface area contributed by atoms with Crippen molar-refractivity contribution in [3.05, 3.63) is 64.1 Å². The van der Waals surface area contributed by atoms with E-state index in [9.17, 15) is 0 Å². The molecule has 3 heteroatoms. The van der Waals surface area contributed by atoms with Gasteiger partial charge in [0.1, 0.15) is 0 Å². The molecule has 0 bridgehead atoms. The van der Waals surface area contributed by atoms with Crippen LogP contribution in [0.25, 0.3) is 0 Å². The summed E-state index contributed by atoms with van der Waals surface area (Å²) in [6, 6.07) is 16.6. The molecule has 0 saturated heterocycles. The number of rotatable bonds is 4. The molecule has 0 heterocycles. The summed E-state index contributed by atoms with van der Waals surface area (Å²) < 4.78 is 1.14. The Morgan fingerprint density at radius 2 is 1.74 bits per heavy atom. The second kappa shape index (κ2) is 6.22. The number of para-hydroxylation sites is 1. The van der Waals surface area contributed by atoms with Gasteiger partial charge in [-0.05, 0) is 30.2 Å². The Labute approximate surface area is 123 Å². The molecule has 0 fully saturated rings. The topological polar surface area (TPSA) is 29.3 Å². The number of hydrogen-bond acceptors (Lipinski definition) is 2. The minimum absolute atomic E-state index is 0.0397. The molecule has 2 rings (SSSR count). The first kappa shape index (κ1) is 14.1. The maximum absolute atomic E-state index is 6.04. The average Bonchev–Trinajstić information content (AvgIpc) is 2.41. The van der Waals surface area contributed by atoms with Crippen LogP contribution in [0.3, 0.4) is 0 Å². The van der Waals surface area contributed by atoms with Crippen molar-refractivity contribution in [3.63, 3.8) is 0 Å². The maximum Gasteiger partial charge on any atom is 0.0437 e. The number of halogens is 1. The highest BCUT2D eigenvalue weighted by Gasteiger charge is 2.11. The summed E-state index contributed by atoms with van der Waals surface area (Å²) in [5.74, 6) is 0. The molecule has 0 aliphatic carbocycles. The lowest BCUT2D eigenvalue weighted by Crippen LogP contribution is -2.20. The van der Waals surface area contributed by atoms with Crippen molar-refractivity contribution in [2.75, 3.05) is 11.9 Å². The average molecular weight is 319 g/mol. The molecule has 2 aromatic carbocycles. The van der Waals surface area contributed by atoms with E-state index in [1.54, 1.807) is 0 Å². The van der Waals surface area contributed by atoms with Gasteiger partial charge in [0, 0.05) is 29.8 Å². The van der Waals surface area contributed by atoms with E-state index in [1.807, 2.05) is 19.1 Å². The zero-order valence-corrected chi connectivity index (χ0v) is 12.9. The molecular weight excluding hydrogens is 300 g/mol. The van der Waals surface area contributed by atoms with E-state index in [2.05, 4.69) is 64.3 Å². The zero-order chi connectivity index (χ0) is 13.8. The molecule has 0 aliphatic rings. The van der Waals surface area contributed by atoms with E-state index in [0.29, 0.717) is 0 Å². The van der Waals surface area contributed by atoms with Gasteiger partial charge in [0.15, 0.2) is 0 Å². The first-order valence-corrected chi connectivity index (χ1v) is 7.18. The smallest absolute Gasteiger partial charge is 0.0437 e. The Morgan fingerprint density at radius 1 is 1.11 bits per heavy atom. The van der Waals surface area contributed by atoms with Gasteiger partial charge < -0.3 is 10.6 Å². The van der Waals surface area contributed by atoms with Crippen molar-refractivity contribution in [2.45, 2.75) is 19.5 Å². The third kappa shape index (κ3) is 3.37. The van der Waals surface area contributed by atoms with Crippen LogP contribution < -0.4 is 10.6 Å². The monoisotopic (exact) mass is 318 g/mol. The van der Waals surface area contributed by atoms with Gasteiger partial charge in [-0.25, -0.2) is 0 Å². The summed E-state index contributed by atoms with van der Waals surface area (Å²) in [4.78, 5) is 2.23. The Morgan fingerprint density at radius 3 is 2.42 bits per heavy atom. The number of nitrogens with two attached hydrogens (primary N) is 1. The molecule has 1 atom stereocenters. The van der Waals surface area contributed by atoms with Gasteiger partial charge in [0.2, 0.25) is 0 Å². The highest BCUT2D eigenvalue weighted by atomic mass is 79.9. The molecule has 2 N–H and O–H groups in total. The molecule has 100 valence electrons. The molecule has 2 aromatic rings. The van der Waals surface area contributed by atoms with Crippen molar-refractivity contribution in [1.29, 1.82) is 0 Å². The summed E-state index contributed by atoms with van der Waals surface area (Å²) >= 11 is 3.59. The van der Waals surface area contributed by atoms with Crippen LogP contribution in [-0.4, -0.2) is 7.05 Å². The van der Waals surface area contributed by atoms with Gasteiger partial charge in [-0.3, -0.25) is 0 Å². The van der Waals surface area contributed by atoms with E-state index in [0.717, 1.165) is 11.0 Å². The summed E-state index contributed by atoms with van der Waals surface area (Å²) in [7, 11) is 2.10. The van der Waals surface area contributed by atoms with Gasteiger partial charge in [0.25, 0.3) is 0 Å². The summed E-state index contributed by atoms with van der Waals surface area (Å²) in [5, 5.41) is 0. The molecule has 0 spiro atoms. The number of nitrogens with zero attached hydrogens (tertiary/aromatic N) is 1. The van der Waals surface area contributed by atoms with Crippen LogP contribution in [-0.2, 0) is 6.54 Å². The van der Waals surface area contributed by atoms with Crippen LogP contribution >= 0.6 is 15.9 Å². The van der Waals surface area contributed by atoms with Crippen LogP contribution in [0.2, 0.25) is 0 Å². The quantitative estimate of drug-likeness (QED) is 0.919. The third-order valence-electron chi connectivity index (χ3n) is 3.20. The van der Waals surface area contributed by atoms with Crippen molar-refractivity contribution < 1.29 is 0 Å². The predicted molar refractivity (Wildman–Crippen MR) is 85.3 cm³/mol. The molecule has 1 unspecified atom stereocenters. The van der Waals surface area contributed by atoms with Crippen LogP contribution in [0.1, 0.15) is 24.1 Å². The van der Waals surface area contributed by atoms with E-state index in [-0.39, 0.29) is 6.04 Å². The molecule has 0 aromatic heterocycles. The van der Waals surface area contributed by atoms with E-state index >= 15 is 0 Å². The first-order valence-electron chi connectivity index (χ1n) is 6.38. The van der Waals surface area contributed by atoms with Gasteiger partial charge in [-0.2, -0.15) is 0 Å². The van der Waals surface area contributed by atoms with Crippen LogP contribution in [0.5, 0.6) is 0 Å². The zero-order valence-electron chi connectivity index (χ0n) is 11.3. The summed E-state index contributed by atoms with van der Waals surface area (Å²) in [6.45, 7) is 2.87. The summed E-state index contributed by atoms with van der Waals surface area (Å²) in [6.07, 6.45) is 0. The Bertz CT molecular complexity index is 552. The fourth-order valence-corrected chi connectivity index (χ4v) is 2.60. The fraction of sp³-hybridized carbons (Fsp3) is 0.250. The van der Waals surface area contributed by atoms with Crippen LogP contribution in [0.15, 0.2) is 53.0 Å². The largest absolute Gasteiger partial charge is 0.370 e. The van der Waals surface area contributed by atoms with Gasteiger partial charge in [-0.15, -0.1) is 0 Å². The van der Waals surface area contributed by atoms with Gasteiger partial charge in [-0.1, -0.05) is 52.3 Å². The first-order chi connectivity index (χ1) is 9.09. The fourth-order valence-electron chi connectivity index (χ4n) is 2.19. The normalized spacial score (nSPS) is 12.2. The van der Waals surface area contributed by atoms with Crippen LogP contribution in [0.4, 0.5) is 5.69 Å². The van der Waals surface area contributed by atoms with Gasteiger partial charge in [0.05, 0.1) is 0 Å². The Kier molecular flexibility index (Phi) is 4.61. The lowest BCUT2D eigenvalue weighted by atomic mass is 10.1. The van der Waals surface area contributed by atoms with Crippen molar-refractivity contribution >= 4 is 21.6 Å². The molecule has 0 radical (unpaired) electrons. The maximum atomic E-state index is 6.04. The second-order valence-electron chi connectivity index (χ2n) is 4.79. The lowest BCUT2D eigenvalue weighted by molar-refractivity contribution is 0.801.